The van der Waals surface area contributed by atoms with Gasteiger partial charge in [-0.2, -0.15) is 0 Å². The van der Waals surface area contributed by atoms with Gasteiger partial charge in [0.05, 0.1) is 6.10 Å². The fraction of sp³-hybridized carbons (Fsp3) is 0.900. The summed E-state index contributed by atoms with van der Waals surface area (Å²) in [5.41, 5.74) is 0. The Labute approximate surface area is 89.7 Å². The van der Waals surface area contributed by atoms with E-state index in [0.717, 1.165) is 0 Å². The maximum atomic E-state index is 11.0. The Kier molecular flexibility index (Phi) is 6.67. The van der Waals surface area contributed by atoms with Gasteiger partial charge in [0.15, 0.2) is 5.78 Å². The van der Waals surface area contributed by atoms with Crippen LogP contribution in [0.2, 0.25) is 0 Å². The standard InChI is InChI=1S/C10H20O5/c1-4-5-7(12)8(13)9(14)10(15-3)6(2)11/h7-10,12-14H,4-5H2,1-3H3. The highest BCUT2D eigenvalue weighted by Gasteiger charge is 2.33. The van der Waals surface area contributed by atoms with Gasteiger partial charge in [-0.05, 0) is 13.3 Å². The van der Waals surface area contributed by atoms with Gasteiger partial charge < -0.3 is 20.1 Å². The van der Waals surface area contributed by atoms with E-state index in [2.05, 4.69) is 0 Å². The van der Waals surface area contributed by atoms with Crippen molar-refractivity contribution in [2.45, 2.75) is 51.1 Å². The van der Waals surface area contributed by atoms with E-state index >= 15 is 0 Å². The highest BCUT2D eigenvalue weighted by Crippen LogP contribution is 2.11. The van der Waals surface area contributed by atoms with Crippen LogP contribution in [-0.4, -0.2) is 52.6 Å². The first kappa shape index (κ1) is 14.5. The van der Waals surface area contributed by atoms with Crippen LogP contribution < -0.4 is 0 Å². The molecule has 0 aromatic heterocycles. The summed E-state index contributed by atoms with van der Waals surface area (Å²) >= 11 is 0. The number of aliphatic hydroxyl groups excluding tert-OH is 3. The van der Waals surface area contributed by atoms with Crippen LogP contribution in [0.15, 0.2) is 0 Å². The number of ketones is 1. The van der Waals surface area contributed by atoms with E-state index in [4.69, 9.17) is 4.74 Å². The van der Waals surface area contributed by atoms with Gasteiger partial charge in [0.25, 0.3) is 0 Å². The second-order valence-electron chi connectivity index (χ2n) is 3.60. The SMILES string of the molecule is CCCC(O)C(O)C(O)C(OC)C(C)=O. The van der Waals surface area contributed by atoms with Crippen LogP contribution in [0.4, 0.5) is 0 Å². The molecule has 0 saturated carbocycles. The molecule has 3 N–H and O–H groups in total. The van der Waals surface area contributed by atoms with Crippen LogP contribution in [0.25, 0.3) is 0 Å². The number of carbonyl (C=O) groups excluding carboxylic acids is 1. The molecule has 0 amide bonds. The van der Waals surface area contributed by atoms with Crippen LogP contribution in [0, 0.1) is 0 Å². The van der Waals surface area contributed by atoms with E-state index in [-0.39, 0.29) is 5.78 Å². The number of carbonyl (C=O) groups is 1. The minimum absolute atomic E-state index is 0.368. The first-order valence-corrected chi connectivity index (χ1v) is 5.03. The summed E-state index contributed by atoms with van der Waals surface area (Å²) in [4.78, 5) is 11.0. The summed E-state index contributed by atoms with van der Waals surface area (Å²) in [5.74, 6) is -0.382. The predicted molar refractivity (Wildman–Crippen MR) is 54.4 cm³/mol. The summed E-state index contributed by atoms with van der Waals surface area (Å²) in [6, 6.07) is 0. The second-order valence-corrected chi connectivity index (χ2v) is 3.60. The number of aliphatic hydroxyl groups is 3. The van der Waals surface area contributed by atoms with E-state index in [0.29, 0.717) is 12.8 Å². The Morgan fingerprint density at radius 1 is 1.27 bits per heavy atom. The molecule has 0 radical (unpaired) electrons. The van der Waals surface area contributed by atoms with Crippen molar-refractivity contribution in [2.75, 3.05) is 7.11 Å². The first-order valence-electron chi connectivity index (χ1n) is 5.03. The molecule has 90 valence electrons. The Balaban J connectivity index is 4.39. The van der Waals surface area contributed by atoms with Crippen molar-refractivity contribution in [3.8, 4) is 0 Å². The van der Waals surface area contributed by atoms with Crippen LogP contribution in [-0.2, 0) is 9.53 Å². The third kappa shape index (κ3) is 4.25. The van der Waals surface area contributed by atoms with E-state index in [1.54, 1.807) is 0 Å². The summed E-state index contributed by atoms with van der Waals surface area (Å²) in [5, 5.41) is 28.6. The number of Topliss-reactive ketones (excluding diaryl/α,β-unsaturated/α-hetero) is 1. The fourth-order valence-corrected chi connectivity index (χ4v) is 1.42. The zero-order valence-corrected chi connectivity index (χ0v) is 9.38. The molecule has 4 atom stereocenters. The predicted octanol–water partition coefficient (Wildman–Crippen LogP) is -0.527. The molecule has 0 saturated heterocycles. The number of methoxy groups -OCH3 is 1. The van der Waals surface area contributed by atoms with Crippen LogP contribution in [0.5, 0.6) is 0 Å². The van der Waals surface area contributed by atoms with Crippen molar-refractivity contribution in [3.05, 3.63) is 0 Å². The lowest BCUT2D eigenvalue weighted by atomic mass is 9.98. The molecule has 0 aliphatic carbocycles. The maximum Gasteiger partial charge on any atom is 0.161 e. The maximum absolute atomic E-state index is 11.0. The van der Waals surface area contributed by atoms with Crippen molar-refractivity contribution in [2.24, 2.45) is 0 Å². The van der Waals surface area contributed by atoms with E-state index in [1.807, 2.05) is 6.92 Å². The van der Waals surface area contributed by atoms with Crippen molar-refractivity contribution in [1.29, 1.82) is 0 Å². The molecule has 0 aromatic rings. The minimum Gasteiger partial charge on any atom is -0.390 e. The zero-order chi connectivity index (χ0) is 12.0. The summed E-state index contributed by atoms with van der Waals surface area (Å²) in [7, 11) is 1.27. The lowest BCUT2D eigenvalue weighted by Crippen LogP contribution is -2.47. The number of ether oxygens (including phenoxy) is 1. The van der Waals surface area contributed by atoms with Gasteiger partial charge in [0, 0.05) is 7.11 Å². The highest BCUT2D eigenvalue weighted by atomic mass is 16.5. The molecule has 0 rings (SSSR count). The lowest BCUT2D eigenvalue weighted by Gasteiger charge is -2.27. The molecule has 0 aliphatic rings. The minimum atomic E-state index is -1.39. The highest BCUT2D eigenvalue weighted by molar-refractivity contribution is 5.81. The molecule has 0 bridgehead atoms. The molecular weight excluding hydrogens is 200 g/mol. The third-order valence-corrected chi connectivity index (χ3v) is 2.29. The number of rotatable bonds is 7. The van der Waals surface area contributed by atoms with E-state index < -0.39 is 24.4 Å². The summed E-state index contributed by atoms with van der Waals surface area (Å²) < 4.78 is 4.75. The normalized spacial score (nSPS) is 19.3. The number of hydrogen-bond acceptors (Lipinski definition) is 5. The van der Waals surface area contributed by atoms with Crippen LogP contribution in [0.1, 0.15) is 26.7 Å². The summed E-state index contributed by atoms with van der Waals surface area (Å²) in [6.45, 7) is 3.11. The van der Waals surface area contributed by atoms with Gasteiger partial charge in [-0.15, -0.1) is 0 Å². The Bertz CT molecular complexity index is 194. The molecule has 4 unspecified atom stereocenters. The molecule has 0 aliphatic heterocycles. The van der Waals surface area contributed by atoms with Crippen molar-refractivity contribution in [3.63, 3.8) is 0 Å². The largest absolute Gasteiger partial charge is 0.390 e. The lowest BCUT2D eigenvalue weighted by molar-refractivity contribution is -0.147. The van der Waals surface area contributed by atoms with Crippen molar-refractivity contribution >= 4 is 5.78 Å². The molecule has 0 fully saturated rings. The molecular formula is C10H20O5. The molecule has 0 spiro atoms. The van der Waals surface area contributed by atoms with Gasteiger partial charge in [0.1, 0.15) is 18.3 Å². The molecule has 15 heavy (non-hydrogen) atoms. The third-order valence-electron chi connectivity index (χ3n) is 2.29. The summed E-state index contributed by atoms with van der Waals surface area (Å²) in [6.07, 6.45) is -3.84. The smallest absolute Gasteiger partial charge is 0.161 e. The molecule has 5 nitrogen and oxygen atoms in total. The van der Waals surface area contributed by atoms with Crippen molar-refractivity contribution in [1.82, 2.24) is 0 Å². The average Bonchev–Trinajstić information content (AvgIpc) is 2.17. The Morgan fingerprint density at radius 3 is 2.13 bits per heavy atom. The zero-order valence-electron chi connectivity index (χ0n) is 9.38. The molecule has 5 heteroatoms. The van der Waals surface area contributed by atoms with Gasteiger partial charge in [-0.25, -0.2) is 0 Å². The average molecular weight is 220 g/mol. The van der Waals surface area contributed by atoms with Crippen molar-refractivity contribution < 1.29 is 24.9 Å². The van der Waals surface area contributed by atoms with Gasteiger partial charge in [-0.1, -0.05) is 13.3 Å². The van der Waals surface area contributed by atoms with Crippen LogP contribution in [0.3, 0.4) is 0 Å². The second kappa shape index (κ2) is 6.90. The monoisotopic (exact) mass is 220 g/mol. The Hall–Kier alpha value is -0.490. The van der Waals surface area contributed by atoms with Gasteiger partial charge in [-0.3, -0.25) is 4.79 Å². The van der Waals surface area contributed by atoms with E-state index in [1.165, 1.54) is 14.0 Å². The quantitative estimate of drug-likeness (QED) is 0.537. The fourth-order valence-electron chi connectivity index (χ4n) is 1.42. The van der Waals surface area contributed by atoms with Gasteiger partial charge >= 0.3 is 0 Å². The Morgan fingerprint density at radius 2 is 1.80 bits per heavy atom. The molecule has 0 heterocycles. The topological polar surface area (TPSA) is 87.0 Å². The molecule has 0 aromatic carbocycles. The van der Waals surface area contributed by atoms with Gasteiger partial charge in [0.2, 0.25) is 0 Å². The number of hydrogen-bond donors (Lipinski definition) is 3. The first-order chi connectivity index (χ1) is 6.95. The van der Waals surface area contributed by atoms with Crippen LogP contribution >= 0.6 is 0 Å². The van der Waals surface area contributed by atoms with E-state index in [9.17, 15) is 20.1 Å².